The first-order valence-electron chi connectivity index (χ1n) is 4.77. The van der Waals surface area contributed by atoms with Gasteiger partial charge in [-0.15, -0.1) is 0 Å². The van der Waals surface area contributed by atoms with E-state index < -0.39 is 0 Å². The maximum atomic E-state index is 4.25. The molecule has 0 amide bonds. The molecule has 1 aromatic heterocycles. The highest BCUT2D eigenvalue weighted by Gasteiger charge is 2.04. The van der Waals surface area contributed by atoms with Gasteiger partial charge in [0.15, 0.2) is 0 Å². The quantitative estimate of drug-likeness (QED) is 0.736. The molecule has 2 N–H and O–H groups in total. The number of nitrogens with one attached hydrogen (secondary N) is 2. The molecule has 2 rings (SSSR count). The van der Waals surface area contributed by atoms with Gasteiger partial charge in [-0.3, -0.25) is 0 Å². The van der Waals surface area contributed by atoms with Gasteiger partial charge >= 0.3 is 0 Å². The van der Waals surface area contributed by atoms with Gasteiger partial charge in [0.25, 0.3) is 0 Å². The summed E-state index contributed by atoms with van der Waals surface area (Å²) in [6, 6.07) is 0. The summed E-state index contributed by atoms with van der Waals surface area (Å²) in [6.45, 7) is 4.89. The van der Waals surface area contributed by atoms with Crippen molar-refractivity contribution in [2.24, 2.45) is 0 Å². The highest BCUT2D eigenvalue weighted by atomic mass is 32.1. The number of hydrogen-bond donors (Lipinski definition) is 2. The van der Waals surface area contributed by atoms with Crippen LogP contribution in [0, 0.1) is 6.92 Å². The normalized spacial score (nSPS) is 16.5. The Labute approximate surface area is 87.6 Å². The van der Waals surface area contributed by atoms with Crippen LogP contribution in [0.3, 0.4) is 0 Å². The van der Waals surface area contributed by atoms with Crippen molar-refractivity contribution in [2.75, 3.05) is 25.0 Å². The maximum Gasteiger partial charge on any atom is 0.202 e. The van der Waals surface area contributed by atoms with Crippen molar-refractivity contribution >= 4 is 16.7 Å². The predicted octanol–water partition coefficient (Wildman–Crippen LogP) is 1.18. The third-order valence-corrected chi connectivity index (χ3v) is 2.92. The van der Waals surface area contributed by atoms with Crippen LogP contribution < -0.4 is 10.6 Å². The van der Waals surface area contributed by atoms with Crippen molar-refractivity contribution in [3.8, 4) is 0 Å². The second-order valence-electron chi connectivity index (χ2n) is 3.32. The summed E-state index contributed by atoms with van der Waals surface area (Å²) >= 11 is 1.42. The molecule has 0 spiro atoms. The van der Waals surface area contributed by atoms with Gasteiger partial charge < -0.3 is 10.6 Å². The van der Waals surface area contributed by atoms with Gasteiger partial charge in [0.05, 0.1) is 0 Å². The second kappa shape index (κ2) is 4.52. The molecule has 0 aliphatic carbocycles. The van der Waals surface area contributed by atoms with E-state index in [1.54, 1.807) is 0 Å². The minimum absolute atomic E-state index is 0.844. The van der Waals surface area contributed by atoms with Gasteiger partial charge in [-0.1, -0.05) is 11.6 Å². The fourth-order valence-electron chi connectivity index (χ4n) is 1.39. The third kappa shape index (κ3) is 2.52. The molecule has 0 atom stereocenters. The molecule has 14 heavy (non-hydrogen) atoms. The third-order valence-electron chi connectivity index (χ3n) is 2.15. The summed E-state index contributed by atoms with van der Waals surface area (Å²) in [6.07, 6.45) is 3.37. The van der Waals surface area contributed by atoms with E-state index in [1.807, 2.05) is 6.92 Å². The molecule has 0 fully saturated rings. The SMILES string of the molecule is Cc1nsc(NCC2=CCNCC2)n1. The van der Waals surface area contributed by atoms with E-state index in [2.05, 4.69) is 26.1 Å². The van der Waals surface area contributed by atoms with Crippen LogP contribution in [-0.2, 0) is 0 Å². The van der Waals surface area contributed by atoms with Crippen LogP contribution in [0.5, 0.6) is 0 Å². The molecule has 1 aliphatic heterocycles. The van der Waals surface area contributed by atoms with E-state index in [-0.39, 0.29) is 0 Å². The summed E-state index contributed by atoms with van der Waals surface area (Å²) in [7, 11) is 0. The molecule has 2 heterocycles. The lowest BCUT2D eigenvalue weighted by Gasteiger charge is -2.13. The zero-order valence-corrected chi connectivity index (χ0v) is 9.02. The molecule has 5 heteroatoms. The van der Waals surface area contributed by atoms with Crippen LogP contribution in [0.25, 0.3) is 0 Å². The fraction of sp³-hybridized carbons (Fsp3) is 0.556. The highest BCUT2D eigenvalue weighted by molar-refractivity contribution is 7.09. The molecule has 0 unspecified atom stereocenters. The Balaban J connectivity index is 1.84. The summed E-state index contributed by atoms with van der Waals surface area (Å²) in [5.74, 6) is 0.844. The predicted molar refractivity (Wildman–Crippen MR) is 58.7 cm³/mol. The molecule has 1 aliphatic rings. The van der Waals surface area contributed by atoms with Crippen molar-refractivity contribution in [2.45, 2.75) is 13.3 Å². The molecule has 0 aromatic carbocycles. The summed E-state index contributed by atoms with van der Waals surface area (Å²) in [5.41, 5.74) is 1.46. The zero-order valence-electron chi connectivity index (χ0n) is 8.21. The molecule has 0 saturated carbocycles. The fourth-order valence-corrected chi connectivity index (χ4v) is 1.96. The standard InChI is InChI=1S/C9H14N4S/c1-7-12-9(14-13-7)11-6-8-2-4-10-5-3-8/h2,10H,3-6H2,1H3,(H,11,12,13). The summed E-state index contributed by atoms with van der Waals surface area (Å²) in [4.78, 5) is 4.25. The average molecular weight is 210 g/mol. The van der Waals surface area contributed by atoms with E-state index in [1.165, 1.54) is 17.1 Å². The van der Waals surface area contributed by atoms with Gasteiger partial charge in [0.2, 0.25) is 5.13 Å². The number of aryl methyl sites for hydroxylation is 1. The lowest BCUT2D eigenvalue weighted by atomic mass is 10.1. The molecule has 76 valence electrons. The Morgan fingerprint density at radius 3 is 3.21 bits per heavy atom. The first-order valence-corrected chi connectivity index (χ1v) is 5.55. The summed E-state index contributed by atoms with van der Waals surface area (Å²) in [5, 5.41) is 7.49. The van der Waals surface area contributed by atoms with E-state index in [0.717, 1.165) is 37.0 Å². The first kappa shape index (κ1) is 9.61. The Morgan fingerprint density at radius 2 is 2.57 bits per heavy atom. The van der Waals surface area contributed by atoms with Gasteiger partial charge in [-0.2, -0.15) is 4.37 Å². The minimum atomic E-state index is 0.844. The number of rotatable bonds is 3. The lowest BCUT2D eigenvalue weighted by Crippen LogP contribution is -2.23. The molecule has 1 aromatic rings. The molecule has 0 saturated heterocycles. The van der Waals surface area contributed by atoms with E-state index in [0.29, 0.717) is 0 Å². The van der Waals surface area contributed by atoms with Gasteiger partial charge in [-0.25, -0.2) is 4.98 Å². The Bertz CT molecular complexity index is 331. The van der Waals surface area contributed by atoms with Crippen molar-refractivity contribution in [1.29, 1.82) is 0 Å². The second-order valence-corrected chi connectivity index (χ2v) is 4.07. The monoisotopic (exact) mass is 210 g/mol. The van der Waals surface area contributed by atoms with E-state index in [9.17, 15) is 0 Å². The Hall–Kier alpha value is -0.940. The molecular formula is C9H14N4S. The molecular weight excluding hydrogens is 196 g/mol. The summed E-state index contributed by atoms with van der Waals surface area (Å²) < 4.78 is 4.12. The molecule has 0 bridgehead atoms. The van der Waals surface area contributed by atoms with Crippen molar-refractivity contribution < 1.29 is 0 Å². The van der Waals surface area contributed by atoms with Crippen LogP contribution in [0.15, 0.2) is 11.6 Å². The van der Waals surface area contributed by atoms with Crippen molar-refractivity contribution in [3.05, 3.63) is 17.5 Å². The zero-order chi connectivity index (χ0) is 9.80. The minimum Gasteiger partial charge on any atom is -0.357 e. The highest BCUT2D eigenvalue weighted by Crippen LogP contribution is 2.12. The van der Waals surface area contributed by atoms with E-state index in [4.69, 9.17) is 0 Å². The van der Waals surface area contributed by atoms with Crippen molar-refractivity contribution in [1.82, 2.24) is 14.7 Å². The van der Waals surface area contributed by atoms with E-state index >= 15 is 0 Å². The van der Waals surface area contributed by atoms with Crippen LogP contribution in [0.4, 0.5) is 5.13 Å². The van der Waals surface area contributed by atoms with Crippen LogP contribution in [-0.4, -0.2) is 29.0 Å². The molecule has 0 radical (unpaired) electrons. The van der Waals surface area contributed by atoms with Crippen LogP contribution in [0.2, 0.25) is 0 Å². The van der Waals surface area contributed by atoms with Crippen LogP contribution >= 0.6 is 11.5 Å². The lowest BCUT2D eigenvalue weighted by molar-refractivity contribution is 0.698. The topological polar surface area (TPSA) is 49.8 Å². The number of nitrogens with zero attached hydrogens (tertiary/aromatic N) is 2. The number of anilines is 1. The van der Waals surface area contributed by atoms with Gasteiger partial charge in [0.1, 0.15) is 5.82 Å². The Kier molecular flexibility index (Phi) is 3.10. The van der Waals surface area contributed by atoms with Gasteiger partial charge in [0, 0.05) is 24.6 Å². The average Bonchev–Trinajstić information content (AvgIpc) is 2.63. The first-order chi connectivity index (χ1) is 6.84. The Morgan fingerprint density at radius 1 is 1.64 bits per heavy atom. The maximum absolute atomic E-state index is 4.25. The van der Waals surface area contributed by atoms with Crippen molar-refractivity contribution in [3.63, 3.8) is 0 Å². The van der Waals surface area contributed by atoms with Crippen LogP contribution in [0.1, 0.15) is 12.2 Å². The number of hydrogen-bond acceptors (Lipinski definition) is 5. The van der Waals surface area contributed by atoms with Gasteiger partial charge in [-0.05, 0) is 19.9 Å². The molecule has 4 nitrogen and oxygen atoms in total. The number of aromatic nitrogens is 2. The smallest absolute Gasteiger partial charge is 0.202 e. The largest absolute Gasteiger partial charge is 0.357 e.